The Bertz CT molecular complexity index is 1160. The molecule has 5 rings (SSSR count). The molecule has 1 unspecified atom stereocenters. The van der Waals surface area contributed by atoms with Gasteiger partial charge >= 0.3 is 0 Å². The third kappa shape index (κ3) is 9.00. The van der Waals surface area contributed by atoms with Gasteiger partial charge in [0, 0.05) is 0 Å². The molecule has 25 heteroatoms. The van der Waals surface area contributed by atoms with Crippen molar-refractivity contribution in [1.82, 2.24) is 0 Å². The van der Waals surface area contributed by atoms with Gasteiger partial charge in [0.1, 0.15) is 116 Å². The van der Waals surface area contributed by atoms with Gasteiger partial charge in [-0.2, -0.15) is 0 Å². The van der Waals surface area contributed by atoms with Crippen LogP contribution in [0.1, 0.15) is 0 Å². The van der Waals surface area contributed by atoms with Crippen LogP contribution in [0.3, 0.4) is 0 Å². The molecule has 5 heterocycles. The van der Waals surface area contributed by atoms with E-state index in [2.05, 4.69) is 0 Å². The smallest absolute Gasteiger partial charge is 0.187 e. The summed E-state index contributed by atoms with van der Waals surface area (Å²) >= 11 is 0. The van der Waals surface area contributed by atoms with Crippen LogP contribution in [0.2, 0.25) is 0 Å². The highest BCUT2D eigenvalue weighted by atomic mass is 16.8. The molecule has 0 aromatic carbocycles. The largest absolute Gasteiger partial charge is 0.394 e. The molecule has 5 fully saturated rings. The number of aliphatic hydroxyl groups is 16. The van der Waals surface area contributed by atoms with Gasteiger partial charge in [-0.15, -0.1) is 0 Å². The van der Waals surface area contributed by atoms with Crippen molar-refractivity contribution >= 4 is 0 Å². The monoisotopic (exact) mass is 798 g/mol. The molecule has 0 spiro atoms. The Morgan fingerprint density at radius 1 is 0.389 bits per heavy atom. The highest BCUT2D eigenvalue weighted by molar-refractivity contribution is 4.98. The zero-order chi connectivity index (χ0) is 39.8. The SMILES string of the molecule is OC[C@H]1O[C@@H](O[C@H]2[C@H](O)[C@@H](CO)O[C@@H](O[C@@H]3[C@H](O)[C@@H](O)[C@H](OC[C@H]4O[C@@H](O)[C@@H](O)[C@@H](O)[C@@H]4O)O[C@@H]3CO)[C@H]2OC2OC[C@@H](O)[C@H](O)[C@H]2O)[C@@H](O)[C@@H](O)[C@@H]1O. The minimum atomic E-state index is -2.04. The second-order valence-corrected chi connectivity index (χ2v) is 13.5. The van der Waals surface area contributed by atoms with E-state index in [0.29, 0.717) is 0 Å². The molecule has 0 aliphatic carbocycles. The number of hydrogen-bond acceptors (Lipinski definition) is 25. The van der Waals surface area contributed by atoms with Gasteiger partial charge in [-0.3, -0.25) is 0 Å². The fourth-order valence-electron chi connectivity index (χ4n) is 6.61. The number of rotatable bonds is 12. The number of ether oxygens (including phenoxy) is 9. The van der Waals surface area contributed by atoms with Gasteiger partial charge in [-0.1, -0.05) is 0 Å². The molecule has 0 saturated carbocycles. The molecule has 0 bridgehead atoms. The molecular formula is C29H50O25. The summed E-state index contributed by atoms with van der Waals surface area (Å²) in [4.78, 5) is 0. The summed E-state index contributed by atoms with van der Waals surface area (Å²) in [6.07, 6.45) is -44.0. The zero-order valence-corrected chi connectivity index (χ0v) is 28.2. The summed E-state index contributed by atoms with van der Waals surface area (Å²) in [5, 5.41) is 165. The molecule has 24 atom stereocenters. The van der Waals surface area contributed by atoms with Gasteiger partial charge in [0.25, 0.3) is 0 Å². The van der Waals surface area contributed by atoms with Crippen molar-refractivity contribution in [3.05, 3.63) is 0 Å². The average Bonchev–Trinajstić information content (AvgIpc) is 3.16. The van der Waals surface area contributed by atoms with Crippen molar-refractivity contribution in [2.24, 2.45) is 0 Å². The lowest BCUT2D eigenvalue weighted by atomic mass is 9.95. The molecule has 5 aliphatic heterocycles. The number of hydrogen-bond donors (Lipinski definition) is 16. The van der Waals surface area contributed by atoms with Crippen molar-refractivity contribution in [2.45, 2.75) is 147 Å². The van der Waals surface area contributed by atoms with Gasteiger partial charge in [0.05, 0.1) is 33.0 Å². The quantitative estimate of drug-likeness (QED) is 0.0871. The van der Waals surface area contributed by atoms with Crippen molar-refractivity contribution in [1.29, 1.82) is 0 Å². The summed E-state index contributed by atoms with van der Waals surface area (Å²) in [5.74, 6) is 0. The van der Waals surface area contributed by atoms with Crippen molar-refractivity contribution < 1.29 is 124 Å². The molecule has 0 amide bonds. The van der Waals surface area contributed by atoms with E-state index in [4.69, 9.17) is 42.6 Å². The van der Waals surface area contributed by atoms with Gasteiger partial charge in [-0.05, 0) is 0 Å². The lowest BCUT2D eigenvalue weighted by molar-refractivity contribution is -0.402. The van der Waals surface area contributed by atoms with Crippen molar-refractivity contribution in [3.8, 4) is 0 Å². The third-order valence-electron chi connectivity index (χ3n) is 9.91. The van der Waals surface area contributed by atoms with Crippen LogP contribution in [0, 0.1) is 0 Å². The van der Waals surface area contributed by atoms with Crippen LogP contribution < -0.4 is 0 Å². The van der Waals surface area contributed by atoms with Crippen LogP contribution >= 0.6 is 0 Å². The van der Waals surface area contributed by atoms with Crippen molar-refractivity contribution in [3.63, 3.8) is 0 Å². The average molecular weight is 799 g/mol. The maximum Gasteiger partial charge on any atom is 0.187 e. The minimum Gasteiger partial charge on any atom is -0.394 e. The molecule has 5 aliphatic rings. The molecule has 316 valence electrons. The van der Waals surface area contributed by atoms with E-state index in [-0.39, 0.29) is 0 Å². The lowest BCUT2D eigenvalue weighted by Gasteiger charge is -2.50. The first kappa shape index (κ1) is 44.1. The van der Waals surface area contributed by atoms with Crippen molar-refractivity contribution in [2.75, 3.05) is 33.0 Å². The predicted molar refractivity (Wildman–Crippen MR) is 161 cm³/mol. The number of aliphatic hydroxyl groups excluding tert-OH is 16. The normalized spacial score (nSPS) is 53.3. The first-order chi connectivity index (χ1) is 25.5. The van der Waals surface area contributed by atoms with Gasteiger partial charge < -0.3 is 124 Å². The van der Waals surface area contributed by atoms with Crippen LogP contribution in [0.5, 0.6) is 0 Å². The molecular weight excluding hydrogens is 748 g/mol. The Balaban J connectivity index is 1.38. The third-order valence-corrected chi connectivity index (χ3v) is 9.91. The highest BCUT2D eigenvalue weighted by Gasteiger charge is 2.56. The molecule has 54 heavy (non-hydrogen) atoms. The summed E-state index contributed by atoms with van der Waals surface area (Å²) in [5.41, 5.74) is 0. The van der Waals surface area contributed by atoms with Crippen LogP contribution in [0.4, 0.5) is 0 Å². The predicted octanol–water partition coefficient (Wildman–Crippen LogP) is -11.3. The summed E-state index contributed by atoms with van der Waals surface area (Å²) in [6, 6.07) is 0. The second-order valence-electron chi connectivity index (χ2n) is 13.5. The molecule has 5 saturated heterocycles. The summed E-state index contributed by atoms with van der Waals surface area (Å²) < 4.78 is 50.0. The molecule has 0 aromatic rings. The van der Waals surface area contributed by atoms with E-state index in [0.717, 1.165) is 0 Å². The van der Waals surface area contributed by atoms with Gasteiger partial charge in [0.2, 0.25) is 0 Å². The van der Waals surface area contributed by atoms with E-state index in [1.165, 1.54) is 0 Å². The first-order valence-electron chi connectivity index (χ1n) is 17.0. The van der Waals surface area contributed by atoms with E-state index >= 15 is 0 Å². The van der Waals surface area contributed by atoms with E-state index in [1.54, 1.807) is 0 Å². The Labute approximate surface area is 305 Å². The Morgan fingerprint density at radius 3 is 1.54 bits per heavy atom. The van der Waals surface area contributed by atoms with Crippen LogP contribution in [0.25, 0.3) is 0 Å². The first-order valence-corrected chi connectivity index (χ1v) is 17.0. The lowest BCUT2D eigenvalue weighted by Crippen LogP contribution is -2.68. The molecule has 25 nitrogen and oxygen atoms in total. The second kappa shape index (κ2) is 18.7. The van der Waals surface area contributed by atoms with Crippen LogP contribution in [-0.4, -0.2) is 262 Å². The Morgan fingerprint density at radius 2 is 0.889 bits per heavy atom. The fourth-order valence-corrected chi connectivity index (χ4v) is 6.61. The maximum atomic E-state index is 11.2. The fraction of sp³-hybridized carbons (Fsp3) is 1.00. The molecule has 16 N–H and O–H groups in total. The Hall–Kier alpha value is -1.00. The van der Waals surface area contributed by atoms with Crippen LogP contribution in [0.15, 0.2) is 0 Å². The maximum absolute atomic E-state index is 11.2. The Kier molecular flexibility index (Phi) is 15.3. The van der Waals surface area contributed by atoms with Gasteiger partial charge in [-0.25, -0.2) is 0 Å². The summed E-state index contributed by atoms with van der Waals surface area (Å²) in [7, 11) is 0. The van der Waals surface area contributed by atoms with E-state index < -0.39 is 180 Å². The van der Waals surface area contributed by atoms with Gasteiger partial charge in [0.15, 0.2) is 31.5 Å². The minimum absolute atomic E-state index is 0.585. The molecule has 0 radical (unpaired) electrons. The van der Waals surface area contributed by atoms with Crippen LogP contribution in [-0.2, 0) is 42.6 Å². The zero-order valence-electron chi connectivity index (χ0n) is 28.2. The molecule has 0 aromatic heterocycles. The highest BCUT2D eigenvalue weighted by Crippen LogP contribution is 2.36. The summed E-state index contributed by atoms with van der Waals surface area (Å²) in [6.45, 7) is -4.07. The van der Waals surface area contributed by atoms with E-state index in [9.17, 15) is 81.7 Å². The van der Waals surface area contributed by atoms with E-state index in [1.807, 2.05) is 0 Å². The topological polar surface area (TPSA) is 407 Å². The standard InChI is InChI=1S/C29H50O25/c30-1-7-12(35)16(39)20(43)28(49-7)53-23-14(37)8(2-31)50-29(24(23)54-27-19(42)11(34)6(33)4-46-27)52-22-9(3-32)51-26(21(44)17(22)40)47-5-10-13(36)15(38)18(41)25(45)48-10/h6-45H,1-5H2/t6-,7-,8-,9-,10-,11+,12-,13-,14-,15+,16+,17-,18+,19-,20+,21-,22+,23+,24+,25-,26-,27?,28+,29+/m1/s1.